The van der Waals surface area contributed by atoms with E-state index in [1.54, 1.807) is 17.1 Å². The van der Waals surface area contributed by atoms with Gasteiger partial charge in [-0.05, 0) is 38.3 Å². The summed E-state index contributed by atoms with van der Waals surface area (Å²) in [6.07, 6.45) is 5.82. The van der Waals surface area contributed by atoms with Gasteiger partial charge in [0, 0.05) is 29.3 Å². The van der Waals surface area contributed by atoms with Crippen molar-refractivity contribution < 1.29 is 4.79 Å². The number of amides is 1. The van der Waals surface area contributed by atoms with Crippen LogP contribution in [0.3, 0.4) is 0 Å². The third-order valence-corrected chi connectivity index (χ3v) is 4.03. The zero-order chi connectivity index (χ0) is 16.7. The Morgan fingerprint density at radius 1 is 1.25 bits per heavy atom. The fourth-order valence-electron chi connectivity index (χ4n) is 2.76. The van der Waals surface area contributed by atoms with Crippen molar-refractivity contribution in [1.82, 2.24) is 24.7 Å². The first-order valence-electron chi connectivity index (χ1n) is 8.02. The van der Waals surface area contributed by atoms with E-state index in [1.165, 1.54) is 0 Å². The Balaban J connectivity index is 1.52. The molecule has 1 amide bonds. The number of carbonyl (C=O) groups excluding carboxylic acids is 1. The van der Waals surface area contributed by atoms with Gasteiger partial charge < -0.3 is 5.32 Å². The van der Waals surface area contributed by atoms with Crippen molar-refractivity contribution >= 4 is 22.8 Å². The van der Waals surface area contributed by atoms with E-state index in [9.17, 15) is 4.79 Å². The monoisotopic (exact) mass is 322 g/mol. The van der Waals surface area contributed by atoms with Crippen LogP contribution in [0, 0.1) is 13.8 Å². The lowest BCUT2D eigenvalue weighted by atomic mass is 10.2. The number of fused-ring (bicyclic) bond motifs is 1. The number of hydrogen-bond donors (Lipinski definition) is 1. The highest BCUT2D eigenvalue weighted by Crippen LogP contribution is 2.39. The van der Waals surface area contributed by atoms with Crippen molar-refractivity contribution in [2.45, 2.75) is 39.2 Å². The van der Waals surface area contributed by atoms with Crippen LogP contribution in [0.2, 0.25) is 0 Å². The molecule has 1 saturated carbocycles. The molecule has 7 nitrogen and oxygen atoms in total. The Hall–Kier alpha value is -2.83. The second-order valence-electron chi connectivity index (χ2n) is 6.28. The second-order valence-corrected chi connectivity index (χ2v) is 6.28. The highest BCUT2D eigenvalue weighted by molar-refractivity contribution is 5.90. The second kappa shape index (κ2) is 5.67. The van der Waals surface area contributed by atoms with Crippen molar-refractivity contribution in [3.05, 3.63) is 41.6 Å². The van der Waals surface area contributed by atoms with Crippen LogP contribution in [0.4, 0.5) is 5.82 Å². The van der Waals surface area contributed by atoms with E-state index < -0.39 is 0 Å². The molecule has 122 valence electrons. The standard InChI is InChI=1S/C17H18N6O/c1-10-5-13-8-19-23(17(13)18-7-10)9-16(24)22-15-6-14(12-3-4-12)20-11(2)21-15/h5-8,12H,3-4,9H2,1-2H3,(H,20,21,22,24). The van der Waals surface area contributed by atoms with Crippen LogP contribution in [-0.4, -0.2) is 30.6 Å². The summed E-state index contributed by atoms with van der Waals surface area (Å²) >= 11 is 0. The van der Waals surface area contributed by atoms with Crippen LogP contribution < -0.4 is 5.32 Å². The largest absolute Gasteiger partial charge is 0.309 e. The Morgan fingerprint density at radius 2 is 2.08 bits per heavy atom. The summed E-state index contributed by atoms with van der Waals surface area (Å²) in [5, 5.41) is 8.02. The molecule has 0 radical (unpaired) electrons. The first kappa shape index (κ1) is 14.7. The fraction of sp³-hybridized carbons (Fsp3) is 0.353. The van der Waals surface area contributed by atoms with Crippen molar-refractivity contribution in [2.24, 2.45) is 0 Å². The minimum Gasteiger partial charge on any atom is -0.309 e. The van der Waals surface area contributed by atoms with Gasteiger partial charge in [0.2, 0.25) is 5.91 Å². The van der Waals surface area contributed by atoms with E-state index in [0.29, 0.717) is 23.2 Å². The maximum Gasteiger partial charge on any atom is 0.247 e. The molecule has 0 unspecified atom stereocenters. The molecular weight excluding hydrogens is 304 g/mol. The van der Waals surface area contributed by atoms with E-state index in [2.05, 4.69) is 25.4 Å². The summed E-state index contributed by atoms with van der Waals surface area (Å²) in [4.78, 5) is 25.4. The normalized spacial score (nSPS) is 14.1. The molecule has 3 aromatic rings. The lowest BCUT2D eigenvalue weighted by Gasteiger charge is -2.08. The third kappa shape index (κ3) is 2.97. The molecule has 0 atom stereocenters. The smallest absolute Gasteiger partial charge is 0.247 e. The fourth-order valence-corrected chi connectivity index (χ4v) is 2.76. The Labute approximate surface area is 139 Å². The lowest BCUT2D eigenvalue weighted by Crippen LogP contribution is -2.20. The van der Waals surface area contributed by atoms with Crippen LogP contribution in [0.25, 0.3) is 11.0 Å². The van der Waals surface area contributed by atoms with Crippen molar-refractivity contribution in [3.63, 3.8) is 0 Å². The predicted octanol–water partition coefficient (Wildman–Crippen LogP) is 2.35. The van der Waals surface area contributed by atoms with E-state index in [-0.39, 0.29) is 12.5 Å². The van der Waals surface area contributed by atoms with Gasteiger partial charge >= 0.3 is 0 Å². The Morgan fingerprint density at radius 3 is 2.88 bits per heavy atom. The van der Waals surface area contributed by atoms with Gasteiger partial charge in [0.1, 0.15) is 18.2 Å². The van der Waals surface area contributed by atoms with Gasteiger partial charge in [0.05, 0.1) is 6.20 Å². The Kier molecular flexibility index (Phi) is 3.48. The number of aryl methyl sites for hydroxylation is 2. The van der Waals surface area contributed by atoms with Gasteiger partial charge in [-0.2, -0.15) is 5.10 Å². The van der Waals surface area contributed by atoms with Crippen LogP contribution in [-0.2, 0) is 11.3 Å². The molecule has 7 heteroatoms. The molecule has 4 rings (SSSR count). The summed E-state index contributed by atoms with van der Waals surface area (Å²) < 4.78 is 1.60. The molecule has 24 heavy (non-hydrogen) atoms. The molecule has 3 heterocycles. The summed E-state index contributed by atoms with van der Waals surface area (Å²) in [6.45, 7) is 3.92. The molecule has 0 aliphatic heterocycles. The molecule has 0 saturated heterocycles. The maximum absolute atomic E-state index is 12.3. The molecule has 1 N–H and O–H groups in total. The SMILES string of the molecule is Cc1cnc2c(cnn2CC(=O)Nc2cc(C3CC3)nc(C)n2)c1. The average molecular weight is 322 g/mol. The zero-order valence-electron chi connectivity index (χ0n) is 13.7. The average Bonchev–Trinajstić information content (AvgIpc) is 3.30. The lowest BCUT2D eigenvalue weighted by molar-refractivity contribution is -0.116. The summed E-state index contributed by atoms with van der Waals surface area (Å²) in [5.41, 5.74) is 2.78. The van der Waals surface area contributed by atoms with Crippen molar-refractivity contribution in [1.29, 1.82) is 0 Å². The summed E-state index contributed by atoms with van der Waals surface area (Å²) in [6, 6.07) is 3.87. The number of carbonyl (C=O) groups is 1. The number of anilines is 1. The van der Waals surface area contributed by atoms with E-state index in [4.69, 9.17) is 0 Å². The number of rotatable bonds is 4. The molecular formula is C17H18N6O. The maximum atomic E-state index is 12.3. The van der Waals surface area contributed by atoms with Gasteiger partial charge in [-0.25, -0.2) is 19.6 Å². The van der Waals surface area contributed by atoms with Gasteiger partial charge in [-0.3, -0.25) is 4.79 Å². The zero-order valence-corrected chi connectivity index (χ0v) is 13.7. The molecule has 1 aliphatic carbocycles. The van der Waals surface area contributed by atoms with Crippen LogP contribution >= 0.6 is 0 Å². The van der Waals surface area contributed by atoms with Crippen LogP contribution in [0.5, 0.6) is 0 Å². The molecule has 0 aromatic carbocycles. The third-order valence-electron chi connectivity index (χ3n) is 4.03. The number of pyridine rings is 1. The predicted molar refractivity (Wildman–Crippen MR) is 89.6 cm³/mol. The van der Waals surface area contributed by atoms with Crippen molar-refractivity contribution in [2.75, 3.05) is 5.32 Å². The Bertz CT molecular complexity index is 928. The number of hydrogen-bond acceptors (Lipinski definition) is 5. The first-order chi connectivity index (χ1) is 11.6. The molecule has 1 fully saturated rings. The number of aromatic nitrogens is 5. The molecule has 0 spiro atoms. The van der Waals surface area contributed by atoms with E-state index >= 15 is 0 Å². The van der Waals surface area contributed by atoms with Crippen molar-refractivity contribution in [3.8, 4) is 0 Å². The number of nitrogens with zero attached hydrogens (tertiary/aromatic N) is 5. The summed E-state index contributed by atoms with van der Waals surface area (Å²) in [7, 11) is 0. The van der Waals surface area contributed by atoms with Crippen LogP contribution in [0.1, 0.15) is 35.8 Å². The van der Waals surface area contributed by atoms with Gasteiger partial charge in [-0.1, -0.05) is 0 Å². The van der Waals surface area contributed by atoms with E-state index in [0.717, 1.165) is 29.5 Å². The molecule has 0 bridgehead atoms. The first-order valence-corrected chi connectivity index (χ1v) is 8.02. The highest BCUT2D eigenvalue weighted by Gasteiger charge is 2.26. The molecule has 3 aromatic heterocycles. The quantitative estimate of drug-likeness (QED) is 0.797. The minimum atomic E-state index is -0.178. The van der Waals surface area contributed by atoms with Gasteiger partial charge in [0.15, 0.2) is 5.65 Å². The topological polar surface area (TPSA) is 85.6 Å². The van der Waals surface area contributed by atoms with Crippen LogP contribution in [0.15, 0.2) is 24.5 Å². The van der Waals surface area contributed by atoms with Gasteiger partial charge in [0.25, 0.3) is 0 Å². The van der Waals surface area contributed by atoms with E-state index in [1.807, 2.05) is 26.0 Å². The summed E-state index contributed by atoms with van der Waals surface area (Å²) in [5.74, 6) is 1.57. The minimum absolute atomic E-state index is 0.0986. The van der Waals surface area contributed by atoms with Gasteiger partial charge in [-0.15, -0.1) is 0 Å². The number of nitrogens with one attached hydrogen (secondary N) is 1. The molecule has 1 aliphatic rings. The highest BCUT2D eigenvalue weighted by atomic mass is 16.2.